The molecule has 34 heavy (non-hydrogen) atoms. The van der Waals surface area contributed by atoms with Gasteiger partial charge in [0.05, 0.1) is 44.6 Å². The monoisotopic (exact) mass is 461 g/mol. The molecule has 10 nitrogen and oxygen atoms in total. The van der Waals surface area contributed by atoms with Crippen molar-refractivity contribution >= 4 is 23.5 Å². The molecule has 3 atom stereocenters. The normalized spacial score (nSPS) is 22.8. The van der Waals surface area contributed by atoms with Gasteiger partial charge in [0.2, 0.25) is 5.91 Å². The van der Waals surface area contributed by atoms with Gasteiger partial charge in [-0.05, 0) is 42.7 Å². The third-order valence-electron chi connectivity index (χ3n) is 6.82. The maximum absolute atomic E-state index is 13.3. The number of rotatable bonds is 5. The average Bonchev–Trinajstić information content (AvgIpc) is 3.50. The lowest BCUT2D eigenvalue weighted by molar-refractivity contribution is -0.135. The first-order valence-corrected chi connectivity index (χ1v) is 10.9. The number of anilines is 1. The summed E-state index contributed by atoms with van der Waals surface area (Å²) in [7, 11) is 3.09. The predicted molar refractivity (Wildman–Crippen MR) is 119 cm³/mol. The molecule has 10 heteroatoms. The number of benzene rings is 1. The third-order valence-corrected chi connectivity index (χ3v) is 6.82. The number of imide groups is 1. The highest BCUT2D eigenvalue weighted by Gasteiger charge is 2.62. The standard InChI is InChI=1S/C24H23N5O5/c1-13-6-15(11-26-17(13)10-25)29-23(31)22-18-9-16(28(22)24(29)32)12-27(18)21(30)8-14-4-5-19(33-2)20(7-14)34-3/h4-7,11,16,18,22H,8-9,12H2,1-3H3/t16-,18?,22-/m1/s1. The highest BCUT2D eigenvalue weighted by molar-refractivity contribution is 6.22. The fourth-order valence-corrected chi connectivity index (χ4v) is 5.25. The Balaban J connectivity index is 1.36. The lowest BCUT2D eigenvalue weighted by Crippen LogP contribution is -2.55. The topological polar surface area (TPSA) is 116 Å². The number of aromatic nitrogens is 1. The van der Waals surface area contributed by atoms with E-state index in [2.05, 4.69) is 4.98 Å². The fourth-order valence-electron chi connectivity index (χ4n) is 5.25. The van der Waals surface area contributed by atoms with Crippen LogP contribution in [0.4, 0.5) is 10.5 Å². The molecule has 1 unspecified atom stereocenters. The van der Waals surface area contributed by atoms with Crippen molar-refractivity contribution in [3.05, 3.63) is 47.3 Å². The quantitative estimate of drug-likeness (QED) is 0.622. The van der Waals surface area contributed by atoms with E-state index in [0.717, 1.165) is 10.5 Å². The van der Waals surface area contributed by atoms with Crippen LogP contribution in [0.25, 0.3) is 0 Å². The van der Waals surface area contributed by atoms with E-state index in [1.165, 1.54) is 13.3 Å². The molecule has 0 aliphatic carbocycles. The van der Waals surface area contributed by atoms with Crippen LogP contribution >= 0.6 is 0 Å². The van der Waals surface area contributed by atoms with Crippen molar-refractivity contribution in [1.29, 1.82) is 5.26 Å². The number of carbonyl (C=O) groups excluding carboxylic acids is 3. The van der Waals surface area contributed by atoms with E-state index in [-0.39, 0.29) is 36.0 Å². The van der Waals surface area contributed by atoms with Crippen molar-refractivity contribution in [2.75, 3.05) is 25.7 Å². The number of hydrogen-bond donors (Lipinski definition) is 0. The molecular formula is C24H23N5O5. The van der Waals surface area contributed by atoms with Gasteiger partial charge in [0.1, 0.15) is 17.8 Å². The lowest BCUT2D eigenvalue weighted by atomic mass is 10.1. The summed E-state index contributed by atoms with van der Waals surface area (Å²) in [5.41, 5.74) is 1.94. The van der Waals surface area contributed by atoms with Gasteiger partial charge in [-0.25, -0.2) is 14.7 Å². The largest absolute Gasteiger partial charge is 0.493 e. The minimum absolute atomic E-state index is 0.103. The highest BCUT2D eigenvalue weighted by Crippen LogP contribution is 2.42. The first-order chi connectivity index (χ1) is 16.4. The van der Waals surface area contributed by atoms with Crippen LogP contribution in [0.1, 0.15) is 23.2 Å². The number of nitriles is 1. The number of methoxy groups -OCH3 is 2. The maximum Gasteiger partial charge on any atom is 0.332 e. The van der Waals surface area contributed by atoms with E-state index >= 15 is 0 Å². The van der Waals surface area contributed by atoms with Crippen molar-refractivity contribution < 1.29 is 23.9 Å². The van der Waals surface area contributed by atoms with Crippen LogP contribution in [-0.2, 0) is 16.0 Å². The second-order valence-corrected chi connectivity index (χ2v) is 8.65. The number of amides is 4. The van der Waals surface area contributed by atoms with E-state index in [9.17, 15) is 14.4 Å². The third kappa shape index (κ3) is 3.15. The minimum Gasteiger partial charge on any atom is -0.493 e. The van der Waals surface area contributed by atoms with E-state index in [1.54, 1.807) is 42.0 Å². The van der Waals surface area contributed by atoms with E-state index < -0.39 is 12.1 Å². The number of piperazine rings is 1. The van der Waals surface area contributed by atoms with E-state index in [0.29, 0.717) is 35.7 Å². The molecule has 5 rings (SSSR count). The molecule has 4 heterocycles. The van der Waals surface area contributed by atoms with Gasteiger partial charge in [0, 0.05) is 6.54 Å². The number of pyridine rings is 1. The minimum atomic E-state index is -0.712. The summed E-state index contributed by atoms with van der Waals surface area (Å²) < 4.78 is 10.6. The van der Waals surface area contributed by atoms with Crippen molar-refractivity contribution in [2.45, 2.75) is 37.9 Å². The zero-order valence-electron chi connectivity index (χ0n) is 19.0. The number of hydrogen-bond acceptors (Lipinski definition) is 7. The second kappa shape index (κ2) is 8.02. The van der Waals surface area contributed by atoms with E-state index in [4.69, 9.17) is 14.7 Å². The molecule has 0 saturated carbocycles. The van der Waals surface area contributed by atoms with Gasteiger partial charge in [0.25, 0.3) is 5.91 Å². The summed E-state index contributed by atoms with van der Waals surface area (Å²) in [5.74, 6) is 0.652. The Labute approximate surface area is 196 Å². The summed E-state index contributed by atoms with van der Waals surface area (Å²) in [4.78, 5) is 48.2. The molecule has 1 aromatic heterocycles. The molecule has 2 aromatic rings. The van der Waals surface area contributed by atoms with Crippen LogP contribution < -0.4 is 14.4 Å². The Morgan fingerprint density at radius 3 is 2.65 bits per heavy atom. The first-order valence-electron chi connectivity index (χ1n) is 10.9. The second-order valence-electron chi connectivity index (χ2n) is 8.65. The number of ether oxygens (including phenoxy) is 2. The van der Waals surface area contributed by atoms with Crippen LogP contribution in [0.5, 0.6) is 11.5 Å². The van der Waals surface area contributed by atoms with Gasteiger partial charge < -0.3 is 19.3 Å². The van der Waals surface area contributed by atoms with Crippen LogP contribution in [-0.4, -0.2) is 71.5 Å². The Morgan fingerprint density at radius 2 is 1.97 bits per heavy atom. The predicted octanol–water partition coefficient (Wildman–Crippen LogP) is 1.64. The molecule has 0 radical (unpaired) electrons. The van der Waals surface area contributed by atoms with Gasteiger partial charge in [-0.15, -0.1) is 0 Å². The summed E-state index contributed by atoms with van der Waals surface area (Å²) in [5, 5.41) is 9.11. The molecule has 3 fully saturated rings. The molecule has 174 valence electrons. The summed E-state index contributed by atoms with van der Waals surface area (Å²) in [6, 6.07) is 7.24. The smallest absolute Gasteiger partial charge is 0.332 e. The average molecular weight is 461 g/mol. The van der Waals surface area contributed by atoms with Crippen molar-refractivity contribution in [3.63, 3.8) is 0 Å². The number of likely N-dealkylation sites (tertiary alicyclic amines) is 1. The van der Waals surface area contributed by atoms with E-state index in [1.807, 2.05) is 12.1 Å². The molecule has 0 N–H and O–H groups in total. The van der Waals surface area contributed by atoms with Crippen LogP contribution in [0.2, 0.25) is 0 Å². The fraction of sp³-hybridized carbons (Fsp3) is 0.375. The Morgan fingerprint density at radius 1 is 1.21 bits per heavy atom. The van der Waals surface area contributed by atoms with Crippen LogP contribution in [0.15, 0.2) is 30.5 Å². The van der Waals surface area contributed by atoms with Gasteiger partial charge in [-0.3, -0.25) is 9.59 Å². The van der Waals surface area contributed by atoms with Crippen LogP contribution in [0, 0.1) is 18.3 Å². The summed E-state index contributed by atoms with van der Waals surface area (Å²) in [6.45, 7) is 2.10. The number of aryl methyl sites for hydroxylation is 1. The molecule has 3 saturated heterocycles. The Kier molecular flexibility index (Phi) is 5.12. The maximum atomic E-state index is 13.3. The molecule has 3 aliphatic heterocycles. The Hall–Kier alpha value is -4.13. The SMILES string of the molecule is COc1ccc(CC(=O)N2C[C@H]3CC2[C@@H]2C(=O)N(c4cnc(C#N)c(C)c4)C(=O)N32)cc1OC. The molecule has 1 aromatic carbocycles. The molecular weight excluding hydrogens is 438 g/mol. The van der Waals surface area contributed by atoms with Gasteiger partial charge in [-0.1, -0.05) is 6.07 Å². The number of urea groups is 1. The number of fused-ring (bicyclic) bond motifs is 5. The zero-order chi connectivity index (χ0) is 24.1. The number of nitrogens with zero attached hydrogens (tertiary/aromatic N) is 5. The lowest BCUT2D eigenvalue weighted by Gasteiger charge is -2.35. The molecule has 3 aliphatic rings. The van der Waals surface area contributed by atoms with Gasteiger partial charge >= 0.3 is 6.03 Å². The molecule has 2 bridgehead atoms. The molecule has 0 spiro atoms. The highest BCUT2D eigenvalue weighted by atomic mass is 16.5. The van der Waals surface area contributed by atoms with Crippen LogP contribution in [0.3, 0.4) is 0 Å². The first kappa shape index (κ1) is 21.7. The van der Waals surface area contributed by atoms with Crippen molar-refractivity contribution in [1.82, 2.24) is 14.8 Å². The number of carbonyl (C=O) groups is 3. The molecule has 4 amide bonds. The van der Waals surface area contributed by atoms with Gasteiger partial charge in [0.15, 0.2) is 11.5 Å². The Bertz CT molecular complexity index is 1250. The zero-order valence-corrected chi connectivity index (χ0v) is 19.0. The van der Waals surface area contributed by atoms with Crippen molar-refractivity contribution in [3.8, 4) is 17.6 Å². The van der Waals surface area contributed by atoms with Gasteiger partial charge in [-0.2, -0.15) is 5.26 Å². The van der Waals surface area contributed by atoms with Crippen molar-refractivity contribution in [2.24, 2.45) is 0 Å². The summed E-state index contributed by atoms with van der Waals surface area (Å²) >= 11 is 0. The summed E-state index contributed by atoms with van der Waals surface area (Å²) in [6.07, 6.45) is 2.10.